The number of aliphatic carboxylic acids is 2. The molecule has 0 spiro atoms. The number of Topliss-reactive ketones (excluding diaryl/α,β-unsaturated/α-hetero) is 1. The van der Waals surface area contributed by atoms with Gasteiger partial charge in [0, 0.05) is 29.8 Å². The van der Waals surface area contributed by atoms with Crippen molar-refractivity contribution >= 4 is 31.2 Å². The van der Waals surface area contributed by atoms with Crippen LogP contribution in [0.5, 0.6) is 0 Å². The van der Waals surface area contributed by atoms with Crippen LogP contribution in [-0.2, 0) is 23.5 Å². The summed E-state index contributed by atoms with van der Waals surface area (Å²) in [6.45, 7) is 4.00. The molecule has 1 aromatic rings. The van der Waals surface area contributed by atoms with E-state index in [9.17, 15) is 43.2 Å². The highest BCUT2D eigenvalue weighted by atomic mass is 31.2. The van der Waals surface area contributed by atoms with E-state index in [4.69, 9.17) is 4.52 Å². The Morgan fingerprint density at radius 2 is 1.71 bits per heavy atom. The highest BCUT2D eigenvalue weighted by Gasteiger charge is 2.30. The van der Waals surface area contributed by atoms with E-state index in [0.29, 0.717) is 6.42 Å². The van der Waals surface area contributed by atoms with Crippen molar-refractivity contribution in [2.24, 2.45) is 17.8 Å². The predicted molar refractivity (Wildman–Crippen MR) is 115 cm³/mol. The number of carboxylic acids is 2. The van der Waals surface area contributed by atoms with Crippen LogP contribution in [0.25, 0.3) is 0 Å². The van der Waals surface area contributed by atoms with Crippen molar-refractivity contribution < 1.29 is 47.8 Å². The topological polar surface area (TPSA) is 173 Å². The van der Waals surface area contributed by atoms with Crippen molar-refractivity contribution in [2.45, 2.75) is 46.1 Å². The summed E-state index contributed by atoms with van der Waals surface area (Å²) in [4.78, 5) is 57.7. The summed E-state index contributed by atoms with van der Waals surface area (Å²) in [6, 6.07) is 2.90. The van der Waals surface area contributed by atoms with E-state index in [0.717, 1.165) is 12.1 Å². The first-order valence-corrected chi connectivity index (χ1v) is 12.5. The Hall–Kier alpha value is -2.62. The lowest BCUT2D eigenvalue weighted by Crippen LogP contribution is -2.52. The zero-order chi connectivity index (χ0) is 26.1. The van der Waals surface area contributed by atoms with Gasteiger partial charge in [-0.1, -0.05) is 27.2 Å². The maximum Gasteiger partial charge on any atom is 0.328 e. The van der Waals surface area contributed by atoms with E-state index in [-0.39, 0.29) is 18.4 Å². The SMILES string of the molecule is CCCC(CP(=O)(O)OC[C@H](NC(=O)C(CC(=O)c1ccc([18F])cc1)C(C)C)C(=O)[O-])C(=O)[O-]. The van der Waals surface area contributed by atoms with Gasteiger partial charge in [-0.2, -0.15) is 0 Å². The standard InChI is InChI=1S/C22H31FNO9P/c1-4-5-15(21(27)28)12-34(31,32)33-11-18(22(29)30)24-20(26)17(13(2)3)10-19(25)14-6-8-16(23)9-7-14/h6-9,13,15,17-18H,4-5,10-12H2,1-3H3,(H,24,26)(H,27,28)(H,29,30)(H,31,32)/p-2/t15?,17?,18-/m0/s1/i23-1. The highest BCUT2D eigenvalue weighted by molar-refractivity contribution is 7.52. The minimum Gasteiger partial charge on any atom is -0.550 e. The van der Waals surface area contributed by atoms with E-state index in [1.54, 1.807) is 20.8 Å². The number of carboxylic acid groups (broad SMARTS) is 2. The molecule has 0 aliphatic carbocycles. The summed E-state index contributed by atoms with van der Waals surface area (Å²) in [5.74, 6) is -7.77. The lowest BCUT2D eigenvalue weighted by Gasteiger charge is -2.26. The van der Waals surface area contributed by atoms with Crippen LogP contribution in [0.1, 0.15) is 50.4 Å². The molecule has 1 amide bonds. The zero-order valence-corrected chi connectivity index (χ0v) is 20.1. The van der Waals surface area contributed by atoms with Crippen molar-refractivity contribution in [3.05, 3.63) is 35.6 Å². The van der Waals surface area contributed by atoms with Crippen LogP contribution in [0, 0.1) is 23.6 Å². The average Bonchev–Trinajstić information content (AvgIpc) is 2.74. The fraction of sp³-hybridized carbons (Fsp3) is 0.545. The summed E-state index contributed by atoms with van der Waals surface area (Å²) in [5, 5.41) is 24.7. The van der Waals surface area contributed by atoms with Gasteiger partial charge in [-0.05, 0) is 36.6 Å². The Bertz CT molecular complexity index is 919. The smallest absolute Gasteiger partial charge is 0.328 e. The molecule has 0 radical (unpaired) electrons. The molecule has 0 aromatic heterocycles. The minimum absolute atomic E-state index is 0.0645. The quantitative estimate of drug-likeness (QED) is 0.253. The summed E-state index contributed by atoms with van der Waals surface area (Å²) < 4.78 is 30.1. The number of amides is 1. The molecule has 1 rings (SSSR count). The number of nitrogens with one attached hydrogen (secondary N) is 1. The van der Waals surface area contributed by atoms with Crippen molar-refractivity contribution in [1.82, 2.24) is 5.32 Å². The maximum absolute atomic E-state index is 13.1. The van der Waals surface area contributed by atoms with Gasteiger partial charge in [0.25, 0.3) is 0 Å². The van der Waals surface area contributed by atoms with Crippen molar-refractivity contribution in [2.75, 3.05) is 12.8 Å². The first kappa shape index (κ1) is 29.4. The summed E-state index contributed by atoms with van der Waals surface area (Å²) >= 11 is 0. The van der Waals surface area contributed by atoms with Crippen molar-refractivity contribution in [3.8, 4) is 0 Å². The molecular formula is C22H29FNO9P-2. The molecule has 1 aromatic carbocycles. The van der Waals surface area contributed by atoms with Crippen LogP contribution in [0.3, 0.4) is 0 Å². The largest absolute Gasteiger partial charge is 0.550 e. The molecule has 0 fully saturated rings. The fourth-order valence-corrected chi connectivity index (χ4v) is 4.56. The van der Waals surface area contributed by atoms with Crippen molar-refractivity contribution in [1.29, 1.82) is 0 Å². The number of hydrogen-bond donors (Lipinski definition) is 2. The molecule has 0 aliphatic heterocycles. The first-order valence-electron chi connectivity index (χ1n) is 10.7. The minimum atomic E-state index is -4.53. The zero-order valence-electron chi connectivity index (χ0n) is 19.2. The summed E-state index contributed by atoms with van der Waals surface area (Å²) in [6.07, 6.45) is -0.602. The summed E-state index contributed by atoms with van der Waals surface area (Å²) in [5.41, 5.74) is 0.176. The normalized spacial score (nSPS) is 15.7. The number of carbonyl (C=O) groups excluding carboxylic acids is 4. The lowest BCUT2D eigenvalue weighted by atomic mass is 9.88. The average molecular weight is 500 g/mol. The van der Waals surface area contributed by atoms with E-state index < -0.39 is 73.6 Å². The molecule has 190 valence electrons. The van der Waals surface area contributed by atoms with Crippen LogP contribution < -0.4 is 15.5 Å². The van der Waals surface area contributed by atoms with Crippen LogP contribution in [0.4, 0.5) is 4.39 Å². The number of hydrogen-bond acceptors (Lipinski definition) is 8. The third-order valence-corrected chi connectivity index (χ3v) is 6.63. The van der Waals surface area contributed by atoms with E-state index in [2.05, 4.69) is 5.32 Å². The Morgan fingerprint density at radius 3 is 2.18 bits per heavy atom. The number of benzene rings is 1. The maximum atomic E-state index is 13.1. The van der Waals surface area contributed by atoms with Crippen LogP contribution in [-0.4, -0.2) is 47.3 Å². The molecule has 34 heavy (non-hydrogen) atoms. The molecule has 0 saturated heterocycles. The highest BCUT2D eigenvalue weighted by Crippen LogP contribution is 2.44. The van der Waals surface area contributed by atoms with Gasteiger partial charge in [-0.25, -0.2) is 4.39 Å². The van der Waals surface area contributed by atoms with Crippen LogP contribution in [0.15, 0.2) is 24.3 Å². The van der Waals surface area contributed by atoms with Gasteiger partial charge in [-0.15, -0.1) is 0 Å². The summed E-state index contributed by atoms with van der Waals surface area (Å²) in [7, 11) is -4.53. The Labute approximate surface area is 197 Å². The van der Waals surface area contributed by atoms with Gasteiger partial charge in [0.2, 0.25) is 5.91 Å². The van der Waals surface area contributed by atoms with Gasteiger partial charge >= 0.3 is 7.60 Å². The third-order valence-electron chi connectivity index (χ3n) is 5.18. The molecule has 4 atom stereocenters. The van der Waals surface area contributed by atoms with Crippen LogP contribution >= 0.6 is 7.60 Å². The van der Waals surface area contributed by atoms with E-state index >= 15 is 0 Å². The van der Waals surface area contributed by atoms with Gasteiger partial charge in [0.15, 0.2) is 5.78 Å². The molecule has 12 heteroatoms. The molecule has 3 unspecified atom stereocenters. The Kier molecular flexibility index (Phi) is 11.5. The van der Waals surface area contributed by atoms with Gasteiger partial charge in [0.1, 0.15) is 5.82 Å². The molecule has 0 aliphatic rings. The number of carbonyl (C=O) groups is 4. The number of halogens is 1. The Balaban J connectivity index is 2.85. The second-order valence-corrected chi connectivity index (χ2v) is 10.2. The van der Waals surface area contributed by atoms with Gasteiger partial charge in [0.05, 0.1) is 24.8 Å². The second-order valence-electron chi connectivity index (χ2n) is 8.29. The molecule has 0 bridgehead atoms. The first-order chi connectivity index (χ1) is 15.8. The van der Waals surface area contributed by atoms with E-state index in [1.807, 2.05) is 0 Å². The monoisotopic (exact) mass is 500 g/mol. The number of ketones is 1. The third kappa shape index (κ3) is 9.70. The molecule has 0 heterocycles. The fourth-order valence-electron chi connectivity index (χ4n) is 3.19. The van der Waals surface area contributed by atoms with Gasteiger partial charge in [-0.3, -0.25) is 14.2 Å². The van der Waals surface area contributed by atoms with Crippen molar-refractivity contribution in [3.63, 3.8) is 0 Å². The van der Waals surface area contributed by atoms with Crippen LogP contribution in [0.2, 0.25) is 0 Å². The lowest BCUT2D eigenvalue weighted by molar-refractivity contribution is -0.311. The van der Waals surface area contributed by atoms with Gasteiger partial charge < -0.3 is 34.5 Å². The predicted octanol–water partition coefficient (Wildman–Crippen LogP) is 0.274. The second kappa shape index (κ2) is 13.3. The van der Waals surface area contributed by atoms with E-state index in [1.165, 1.54) is 12.1 Å². The molecule has 2 N–H and O–H groups in total. The molecular weight excluding hydrogens is 471 g/mol. The molecule has 10 nitrogen and oxygen atoms in total. The molecule has 0 saturated carbocycles. The number of rotatable bonds is 15. The Morgan fingerprint density at radius 1 is 1.12 bits per heavy atom.